The summed E-state index contributed by atoms with van der Waals surface area (Å²) in [5.41, 5.74) is 2.40. The molecule has 3 rings (SSSR count). The van der Waals surface area contributed by atoms with Crippen molar-refractivity contribution in [2.45, 2.75) is 25.8 Å². The molecule has 3 aromatic rings. The quantitative estimate of drug-likeness (QED) is 0.651. The maximum Gasteiger partial charge on any atom is 0.220 e. The minimum absolute atomic E-state index is 0.0323. The lowest BCUT2D eigenvalue weighted by Crippen LogP contribution is -2.23. The van der Waals surface area contributed by atoms with Crippen LogP contribution >= 0.6 is 0 Å². The van der Waals surface area contributed by atoms with Crippen LogP contribution in [0.4, 0.5) is 4.39 Å². The number of aromatic amines is 2. The lowest BCUT2D eigenvalue weighted by Gasteiger charge is -2.02. The highest BCUT2D eigenvalue weighted by Crippen LogP contribution is 2.12. The zero-order valence-corrected chi connectivity index (χ0v) is 11.9. The third-order valence-electron chi connectivity index (χ3n) is 3.37. The Morgan fingerprint density at radius 3 is 3.09 bits per heavy atom. The smallest absolute Gasteiger partial charge is 0.220 e. The number of imidazole rings is 1. The van der Waals surface area contributed by atoms with Crippen molar-refractivity contribution in [2.75, 3.05) is 0 Å². The van der Waals surface area contributed by atoms with E-state index in [1.165, 1.54) is 12.1 Å². The van der Waals surface area contributed by atoms with Gasteiger partial charge in [-0.1, -0.05) is 0 Å². The maximum atomic E-state index is 13.1. The molecule has 0 atom stereocenters. The number of H-pyrrole nitrogens is 2. The van der Waals surface area contributed by atoms with E-state index in [0.29, 0.717) is 29.8 Å². The van der Waals surface area contributed by atoms with Gasteiger partial charge in [0.05, 0.1) is 23.8 Å². The van der Waals surface area contributed by atoms with Crippen LogP contribution in [0.15, 0.2) is 30.6 Å². The normalized spacial score (nSPS) is 11.0. The van der Waals surface area contributed by atoms with Crippen LogP contribution in [-0.4, -0.2) is 26.1 Å². The fourth-order valence-electron chi connectivity index (χ4n) is 2.26. The molecule has 0 aliphatic rings. The molecule has 6 nitrogen and oxygen atoms in total. The summed E-state index contributed by atoms with van der Waals surface area (Å²) in [6.45, 7) is 0.306. The van der Waals surface area contributed by atoms with Crippen molar-refractivity contribution in [3.8, 4) is 0 Å². The molecule has 0 bridgehead atoms. The number of hydrogen-bond acceptors (Lipinski definition) is 3. The first kappa shape index (κ1) is 14.2. The number of fused-ring (bicyclic) bond motifs is 1. The number of carbonyl (C=O) groups excluding carboxylic acids is 1. The highest BCUT2D eigenvalue weighted by Gasteiger charge is 2.06. The minimum atomic E-state index is -0.314. The number of aromatic nitrogens is 4. The Hall–Kier alpha value is -2.70. The molecule has 0 saturated carbocycles. The summed E-state index contributed by atoms with van der Waals surface area (Å²) < 4.78 is 13.1. The second-order valence-corrected chi connectivity index (χ2v) is 5.08. The van der Waals surface area contributed by atoms with Gasteiger partial charge in [0.2, 0.25) is 5.91 Å². The van der Waals surface area contributed by atoms with Crippen molar-refractivity contribution < 1.29 is 9.18 Å². The summed E-state index contributed by atoms with van der Waals surface area (Å²) in [7, 11) is 0. The van der Waals surface area contributed by atoms with E-state index in [-0.39, 0.29) is 11.7 Å². The van der Waals surface area contributed by atoms with Gasteiger partial charge in [-0.2, -0.15) is 5.10 Å². The Balaban J connectivity index is 1.47. The Morgan fingerprint density at radius 2 is 2.27 bits per heavy atom. The largest absolute Gasteiger partial charge is 0.349 e. The highest BCUT2D eigenvalue weighted by atomic mass is 19.1. The number of nitrogens with one attached hydrogen (secondary N) is 3. The van der Waals surface area contributed by atoms with Gasteiger partial charge >= 0.3 is 0 Å². The molecule has 3 N–H and O–H groups in total. The summed E-state index contributed by atoms with van der Waals surface area (Å²) in [5, 5.41) is 9.40. The van der Waals surface area contributed by atoms with E-state index in [1.807, 2.05) is 6.20 Å². The summed E-state index contributed by atoms with van der Waals surface area (Å²) in [5.74, 6) is 0.268. The number of amides is 1. The lowest BCUT2D eigenvalue weighted by molar-refractivity contribution is -0.121. The molecule has 114 valence electrons. The van der Waals surface area contributed by atoms with Crippen molar-refractivity contribution >= 4 is 16.9 Å². The first-order valence-electron chi connectivity index (χ1n) is 7.09. The molecule has 0 aliphatic heterocycles. The lowest BCUT2D eigenvalue weighted by atomic mass is 10.1. The van der Waals surface area contributed by atoms with Crippen molar-refractivity contribution in [3.63, 3.8) is 0 Å². The van der Waals surface area contributed by atoms with Crippen molar-refractivity contribution in [1.82, 2.24) is 25.5 Å². The zero-order valence-electron chi connectivity index (χ0n) is 11.9. The summed E-state index contributed by atoms with van der Waals surface area (Å²) in [6, 6.07) is 4.36. The maximum absolute atomic E-state index is 13.1. The average molecular weight is 301 g/mol. The van der Waals surface area contributed by atoms with Crippen molar-refractivity contribution in [3.05, 3.63) is 47.8 Å². The molecule has 0 aliphatic carbocycles. The SMILES string of the molecule is O=C(CCCc1cn[nH]c1)NCc1nc2ccc(F)cc2[nH]1. The number of rotatable bonds is 6. The molecule has 0 fully saturated rings. The molecule has 2 heterocycles. The van der Waals surface area contributed by atoms with Gasteiger partial charge in [-0.15, -0.1) is 0 Å². The third kappa shape index (κ3) is 3.49. The van der Waals surface area contributed by atoms with E-state index in [1.54, 1.807) is 12.3 Å². The van der Waals surface area contributed by atoms with Crippen molar-refractivity contribution in [1.29, 1.82) is 0 Å². The third-order valence-corrected chi connectivity index (χ3v) is 3.37. The molecule has 7 heteroatoms. The summed E-state index contributed by atoms with van der Waals surface area (Å²) in [6.07, 6.45) is 5.60. The fourth-order valence-corrected chi connectivity index (χ4v) is 2.26. The van der Waals surface area contributed by atoms with Gasteiger partial charge < -0.3 is 10.3 Å². The van der Waals surface area contributed by atoms with Crippen LogP contribution in [0.2, 0.25) is 0 Å². The van der Waals surface area contributed by atoms with Crippen LogP contribution in [0, 0.1) is 5.82 Å². The van der Waals surface area contributed by atoms with Gasteiger partial charge in [-0.25, -0.2) is 9.37 Å². The summed E-state index contributed by atoms with van der Waals surface area (Å²) in [4.78, 5) is 19.1. The molecule has 2 aromatic heterocycles. The molecule has 22 heavy (non-hydrogen) atoms. The standard InChI is InChI=1S/C15H16FN5O/c16-11-4-5-12-13(6-11)21-14(20-12)9-17-15(22)3-1-2-10-7-18-19-8-10/h4-8H,1-3,9H2,(H,17,22)(H,18,19)(H,20,21). The molecule has 0 spiro atoms. The van der Waals surface area contributed by atoms with E-state index in [9.17, 15) is 9.18 Å². The van der Waals surface area contributed by atoms with Crippen LogP contribution < -0.4 is 5.32 Å². The average Bonchev–Trinajstić information content (AvgIpc) is 3.13. The Labute approximate surface area is 126 Å². The van der Waals surface area contributed by atoms with E-state index < -0.39 is 0 Å². The van der Waals surface area contributed by atoms with Crippen LogP contribution in [0.1, 0.15) is 24.2 Å². The Bertz CT molecular complexity index is 765. The number of carbonyl (C=O) groups is 1. The number of benzene rings is 1. The van der Waals surface area contributed by atoms with Crippen LogP contribution in [0.25, 0.3) is 11.0 Å². The fraction of sp³-hybridized carbons (Fsp3) is 0.267. The number of nitrogens with zero attached hydrogens (tertiary/aromatic N) is 2. The number of aryl methyl sites for hydroxylation is 1. The molecule has 0 saturated heterocycles. The molecule has 1 amide bonds. The highest BCUT2D eigenvalue weighted by molar-refractivity contribution is 5.77. The molecular weight excluding hydrogens is 285 g/mol. The second-order valence-electron chi connectivity index (χ2n) is 5.08. The van der Waals surface area contributed by atoms with Crippen LogP contribution in [-0.2, 0) is 17.8 Å². The van der Waals surface area contributed by atoms with Crippen LogP contribution in [0.3, 0.4) is 0 Å². The first-order chi connectivity index (χ1) is 10.7. The first-order valence-corrected chi connectivity index (χ1v) is 7.09. The Kier molecular flexibility index (Phi) is 4.13. The van der Waals surface area contributed by atoms with Gasteiger partial charge in [0, 0.05) is 12.6 Å². The van der Waals surface area contributed by atoms with E-state index >= 15 is 0 Å². The van der Waals surface area contributed by atoms with E-state index in [4.69, 9.17) is 0 Å². The number of hydrogen-bond donors (Lipinski definition) is 3. The predicted octanol–water partition coefficient (Wildman–Crippen LogP) is 2.06. The molecule has 0 unspecified atom stereocenters. The van der Waals surface area contributed by atoms with E-state index in [0.717, 1.165) is 18.4 Å². The van der Waals surface area contributed by atoms with Crippen molar-refractivity contribution in [2.24, 2.45) is 0 Å². The monoisotopic (exact) mass is 301 g/mol. The molecule has 1 aromatic carbocycles. The summed E-state index contributed by atoms with van der Waals surface area (Å²) >= 11 is 0. The minimum Gasteiger partial charge on any atom is -0.349 e. The number of halogens is 1. The Morgan fingerprint density at radius 1 is 1.36 bits per heavy atom. The van der Waals surface area contributed by atoms with E-state index in [2.05, 4.69) is 25.5 Å². The van der Waals surface area contributed by atoms with Gasteiger partial charge in [0.1, 0.15) is 11.6 Å². The van der Waals surface area contributed by atoms with Crippen LogP contribution in [0.5, 0.6) is 0 Å². The predicted molar refractivity (Wildman–Crippen MR) is 79.4 cm³/mol. The molecular formula is C15H16FN5O. The zero-order chi connectivity index (χ0) is 15.4. The van der Waals surface area contributed by atoms with Gasteiger partial charge in [-0.05, 0) is 36.6 Å². The second kappa shape index (κ2) is 6.38. The topological polar surface area (TPSA) is 86.5 Å². The van der Waals surface area contributed by atoms with Gasteiger partial charge in [0.15, 0.2) is 0 Å². The molecule has 0 radical (unpaired) electrons. The van der Waals surface area contributed by atoms with Gasteiger partial charge in [-0.3, -0.25) is 9.89 Å². The van der Waals surface area contributed by atoms with Gasteiger partial charge in [0.25, 0.3) is 0 Å².